The van der Waals surface area contributed by atoms with Gasteiger partial charge in [0.25, 0.3) is 0 Å². The molecule has 0 aliphatic heterocycles. The predicted octanol–water partition coefficient (Wildman–Crippen LogP) is 0.649. The standard InChI is InChI=1S/C9H18N2O3/c1-10-8(12)6-4-3-5-7-11-9(13)14-2/h3-7H2,1-2H3,(H,10,12)(H,11,13). The van der Waals surface area contributed by atoms with Gasteiger partial charge < -0.3 is 15.4 Å². The minimum Gasteiger partial charge on any atom is -0.453 e. The number of amides is 2. The molecule has 0 bridgehead atoms. The van der Waals surface area contributed by atoms with Gasteiger partial charge >= 0.3 is 6.09 Å². The third-order valence-corrected chi connectivity index (χ3v) is 1.81. The number of hydrogen-bond donors (Lipinski definition) is 2. The monoisotopic (exact) mass is 202 g/mol. The van der Waals surface area contributed by atoms with Gasteiger partial charge in [-0.15, -0.1) is 0 Å². The summed E-state index contributed by atoms with van der Waals surface area (Å²) in [5, 5.41) is 5.13. The Morgan fingerprint density at radius 3 is 2.50 bits per heavy atom. The maximum atomic E-state index is 10.8. The lowest BCUT2D eigenvalue weighted by atomic mass is 10.2. The highest BCUT2D eigenvalue weighted by Crippen LogP contribution is 1.98. The minimum atomic E-state index is -0.406. The van der Waals surface area contributed by atoms with E-state index >= 15 is 0 Å². The van der Waals surface area contributed by atoms with Crippen LogP contribution in [0.25, 0.3) is 0 Å². The van der Waals surface area contributed by atoms with Gasteiger partial charge in [-0.2, -0.15) is 0 Å². The van der Waals surface area contributed by atoms with E-state index in [1.807, 2.05) is 0 Å². The first-order chi connectivity index (χ1) is 6.70. The van der Waals surface area contributed by atoms with Gasteiger partial charge in [-0.05, 0) is 12.8 Å². The molecule has 0 aromatic rings. The predicted molar refractivity (Wildman–Crippen MR) is 52.9 cm³/mol. The smallest absolute Gasteiger partial charge is 0.406 e. The van der Waals surface area contributed by atoms with Gasteiger partial charge in [0.2, 0.25) is 5.91 Å². The molecule has 82 valence electrons. The van der Waals surface area contributed by atoms with Crippen molar-refractivity contribution >= 4 is 12.0 Å². The summed E-state index contributed by atoms with van der Waals surface area (Å²) < 4.78 is 4.40. The molecule has 14 heavy (non-hydrogen) atoms. The molecule has 0 spiro atoms. The molecule has 0 unspecified atom stereocenters. The molecule has 0 atom stereocenters. The fourth-order valence-electron chi connectivity index (χ4n) is 0.975. The number of carbonyl (C=O) groups excluding carboxylic acids is 2. The van der Waals surface area contributed by atoms with Crippen LogP contribution in [-0.4, -0.2) is 32.7 Å². The van der Waals surface area contributed by atoms with E-state index < -0.39 is 6.09 Å². The van der Waals surface area contributed by atoms with Crippen molar-refractivity contribution in [3.05, 3.63) is 0 Å². The molecule has 0 aliphatic rings. The summed E-state index contributed by atoms with van der Waals surface area (Å²) >= 11 is 0. The van der Waals surface area contributed by atoms with Gasteiger partial charge in [0.15, 0.2) is 0 Å². The Morgan fingerprint density at radius 1 is 1.21 bits per heavy atom. The summed E-state index contributed by atoms with van der Waals surface area (Å²) in [6.45, 7) is 0.598. The zero-order chi connectivity index (χ0) is 10.8. The number of methoxy groups -OCH3 is 1. The highest BCUT2D eigenvalue weighted by Gasteiger charge is 1.98. The fraction of sp³-hybridized carbons (Fsp3) is 0.778. The first kappa shape index (κ1) is 12.7. The largest absolute Gasteiger partial charge is 0.453 e. The molecule has 0 aliphatic carbocycles. The molecule has 5 heteroatoms. The summed E-state index contributed by atoms with van der Waals surface area (Å²) in [7, 11) is 2.96. The van der Waals surface area contributed by atoms with Crippen LogP contribution in [0, 0.1) is 0 Å². The Bertz CT molecular complexity index is 163. The molecule has 2 N–H and O–H groups in total. The van der Waals surface area contributed by atoms with Crippen LogP contribution in [-0.2, 0) is 9.53 Å². The zero-order valence-corrected chi connectivity index (χ0v) is 8.76. The van der Waals surface area contributed by atoms with Gasteiger partial charge in [0.05, 0.1) is 7.11 Å². The molecule has 0 aromatic heterocycles. The summed E-state index contributed by atoms with van der Waals surface area (Å²) in [5.41, 5.74) is 0. The van der Waals surface area contributed by atoms with Crippen LogP contribution < -0.4 is 10.6 Å². The van der Waals surface area contributed by atoms with Crippen molar-refractivity contribution in [3.63, 3.8) is 0 Å². The van der Waals surface area contributed by atoms with Crippen LogP contribution in [0.4, 0.5) is 4.79 Å². The van der Waals surface area contributed by atoms with Crippen molar-refractivity contribution in [3.8, 4) is 0 Å². The number of hydrogen-bond acceptors (Lipinski definition) is 3. The molecule has 0 saturated carbocycles. The molecule has 0 rings (SSSR count). The Balaban J connectivity index is 3.14. The molecule has 0 aromatic carbocycles. The lowest BCUT2D eigenvalue weighted by Crippen LogP contribution is -2.24. The summed E-state index contributed by atoms with van der Waals surface area (Å²) in [5.74, 6) is 0.0610. The third kappa shape index (κ3) is 7.39. The van der Waals surface area contributed by atoms with E-state index in [1.165, 1.54) is 7.11 Å². The second-order valence-corrected chi connectivity index (χ2v) is 2.90. The average molecular weight is 202 g/mol. The van der Waals surface area contributed by atoms with Gasteiger partial charge in [0, 0.05) is 20.0 Å². The summed E-state index contributed by atoms with van der Waals surface area (Å²) in [4.78, 5) is 21.4. The molecule has 0 heterocycles. The number of unbranched alkanes of at least 4 members (excludes halogenated alkanes) is 2. The summed E-state index contributed by atoms with van der Waals surface area (Å²) in [6.07, 6.45) is 2.79. The Kier molecular flexibility index (Phi) is 7.59. The third-order valence-electron chi connectivity index (χ3n) is 1.81. The highest BCUT2D eigenvalue weighted by molar-refractivity contribution is 5.75. The quantitative estimate of drug-likeness (QED) is 0.621. The fourth-order valence-corrected chi connectivity index (χ4v) is 0.975. The highest BCUT2D eigenvalue weighted by atomic mass is 16.5. The van der Waals surface area contributed by atoms with Crippen molar-refractivity contribution in [2.75, 3.05) is 20.7 Å². The molecule has 0 fully saturated rings. The van der Waals surface area contributed by atoms with E-state index in [4.69, 9.17) is 0 Å². The maximum Gasteiger partial charge on any atom is 0.406 e. The van der Waals surface area contributed by atoms with Crippen LogP contribution in [0.2, 0.25) is 0 Å². The first-order valence-corrected chi connectivity index (χ1v) is 4.73. The van der Waals surface area contributed by atoms with Gasteiger partial charge in [-0.1, -0.05) is 6.42 Å². The second kappa shape index (κ2) is 8.34. The van der Waals surface area contributed by atoms with Crippen molar-refractivity contribution in [2.24, 2.45) is 0 Å². The van der Waals surface area contributed by atoms with Crippen LogP contribution in [0.3, 0.4) is 0 Å². The zero-order valence-electron chi connectivity index (χ0n) is 8.76. The van der Waals surface area contributed by atoms with E-state index in [0.29, 0.717) is 13.0 Å². The van der Waals surface area contributed by atoms with Crippen molar-refractivity contribution in [2.45, 2.75) is 25.7 Å². The Labute approximate surface area is 84.2 Å². The Morgan fingerprint density at radius 2 is 1.93 bits per heavy atom. The average Bonchev–Trinajstić information content (AvgIpc) is 2.22. The van der Waals surface area contributed by atoms with Crippen LogP contribution >= 0.6 is 0 Å². The topological polar surface area (TPSA) is 67.4 Å². The minimum absolute atomic E-state index is 0.0610. The molecule has 0 saturated heterocycles. The normalized spacial score (nSPS) is 9.29. The first-order valence-electron chi connectivity index (χ1n) is 4.73. The maximum absolute atomic E-state index is 10.8. The van der Waals surface area contributed by atoms with Gasteiger partial charge in [-0.3, -0.25) is 4.79 Å². The van der Waals surface area contributed by atoms with Crippen molar-refractivity contribution < 1.29 is 14.3 Å². The van der Waals surface area contributed by atoms with E-state index in [-0.39, 0.29) is 5.91 Å². The second-order valence-electron chi connectivity index (χ2n) is 2.90. The molecular formula is C9H18N2O3. The SMILES string of the molecule is CNC(=O)CCCCCNC(=O)OC. The molecular weight excluding hydrogens is 184 g/mol. The van der Waals surface area contributed by atoms with Crippen LogP contribution in [0.15, 0.2) is 0 Å². The number of carbonyl (C=O) groups is 2. The number of nitrogens with one attached hydrogen (secondary N) is 2. The van der Waals surface area contributed by atoms with Gasteiger partial charge in [0.1, 0.15) is 0 Å². The van der Waals surface area contributed by atoms with Gasteiger partial charge in [-0.25, -0.2) is 4.79 Å². The number of rotatable bonds is 6. The molecule has 5 nitrogen and oxygen atoms in total. The van der Waals surface area contributed by atoms with Crippen molar-refractivity contribution in [1.82, 2.24) is 10.6 Å². The number of alkyl carbamates (subject to hydrolysis) is 1. The van der Waals surface area contributed by atoms with Crippen LogP contribution in [0.1, 0.15) is 25.7 Å². The molecule has 0 radical (unpaired) electrons. The van der Waals surface area contributed by atoms with Crippen molar-refractivity contribution in [1.29, 1.82) is 0 Å². The Hall–Kier alpha value is -1.26. The van der Waals surface area contributed by atoms with E-state index in [1.54, 1.807) is 7.05 Å². The summed E-state index contributed by atoms with van der Waals surface area (Å²) in [6, 6.07) is 0. The van der Waals surface area contributed by atoms with E-state index in [2.05, 4.69) is 15.4 Å². The lowest BCUT2D eigenvalue weighted by Gasteiger charge is -2.03. The lowest BCUT2D eigenvalue weighted by molar-refractivity contribution is -0.120. The molecule has 2 amide bonds. The van der Waals surface area contributed by atoms with E-state index in [9.17, 15) is 9.59 Å². The number of ether oxygens (including phenoxy) is 1. The van der Waals surface area contributed by atoms with Crippen LogP contribution in [0.5, 0.6) is 0 Å². The van der Waals surface area contributed by atoms with E-state index in [0.717, 1.165) is 19.3 Å².